The van der Waals surface area contributed by atoms with E-state index in [1.807, 2.05) is 11.3 Å². The number of hydrogen-bond donors (Lipinski definition) is 1. The van der Waals surface area contributed by atoms with Gasteiger partial charge >= 0.3 is 0 Å². The highest BCUT2D eigenvalue weighted by Crippen LogP contribution is 2.42. The van der Waals surface area contributed by atoms with Crippen LogP contribution < -0.4 is 10.2 Å². The Bertz CT molecular complexity index is 649. The van der Waals surface area contributed by atoms with Crippen molar-refractivity contribution in [3.8, 4) is 0 Å². The van der Waals surface area contributed by atoms with Crippen molar-refractivity contribution in [2.45, 2.75) is 38.6 Å². The smallest absolute Gasteiger partial charge is 0.190 e. The average molecular weight is 299 g/mol. The van der Waals surface area contributed by atoms with E-state index in [-0.39, 0.29) is 0 Å². The third kappa shape index (κ3) is 2.27. The molecule has 0 saturated carbocycles. The Labute approximate surface area is 130 Å². The predicted molar refractivity (Wildman–Crippen MR) is 88.6 cm³/mol. The van der Waals surface area contributed by atoms with E-state index < -0.39 is 0 Å². The Kier molecular flexibility index (Phi) is 3.43. The zero-order valence-electron chi connectivity index (χ0n) is 12.4. The lowest BCUT2D eigenvalue weighted by Gasteiger charge is -2.21. The summed E-state index contributed by atoms with van der Waals surface area (Å²) in [6.45, 7) is 4.29. The van der Waals surface area contributed by atoms with E-state index in [1.54, 1.807) is 0 Å². The first-order chi connectivity index (χ1) is 10.4. The first-order valence-corrected chi connectivity index (χ1v) is 8.77. The molecular weight excluding hydrogens is 278 g/mol. The summed E-state index contributed by atoms with van der Waals surface area (Å²) in [6, 6.07) is 9.25. The molecule has 1 atom stereocenters. The second kappa shape index (κ2) is 5.43. The Morgan fingerprint density at radius 1 is 1.33 bits per heavy atom. The molecule has 2 heterocycles. The second-order valence-corrected chi connectivity index (χ2v) is 6.85. The van der Waals surface area contributed by atoms with E-state index in [0.29, 0.717) is 6.04 Å². The van der Waals surface area contributed by atoms with Crippen molar-refractivity contribution >= 4 is 22.2 Å². The molecule has 1 aliphatic heterocycles. The van der Waals surface area contributed by atoms with Crippen molar-refractivity contribution < 1.29 is 0 Å². The number of nitrogens with zero attached hydrogens (tertiary/aromatic N) is 2. The van der Waals surface area contributed by atoms with Gasteiger partial charge < -0.3 is 10.2 Å². The Morgan fingerprint density at radius 2 is 2.24 bits per heavy atom. The van der Waals surface area contributed by atoms with Crippen molar-refractivity contribution in [3.05, 3.63) is 40.4 Å². The molecule has 4 rings (SSSR count). The van der Waals surface area contributed by atoms with Gasteiger partial charge in [-0.3, -0.25) is 0 Å². The fourth-order valence-electron chi connectivity index (χ4n) is 3.50. The SMILES string of the molecule is CCNC1CCCc2nc(N3CCc4ccccc43)sc21. The summed E-state index contributed by atoms with van der Waals surface area (Å²) in [7, 11) is 0. The summed E-state index contributed by atoms with van der Waals surface area (Å²) in [5, 5.41) is 4.81. The largest absolute Gasteiger partial charge is 0.317 e. The van der Waals surface area contributed by atoms with Gasteiger partial charge in [-0.15, -0.1) is 0 Å². The molecule has 1 aliphatic carbocycles. The molecule has 0 saturated heterocycles. The highest BCUT2D eigenvalue weighted by molar-refractivity contribution is 7.15. The third-order valence-electron chi connectivity index (χ3n) is 4.51. The van der Waals surface area contributed by atoms with Gasteiger partial charge in [-0.05, 0) is 43.9 Å². The van der Waals surface area contributed by atoms with Crippen LogP contribution >= 0.6 is 11.3 Å². The van der Waals surface area contributed by atoms with E-state index in [1.165, 1.54) is 39.8 Å². The normalized spacial score (nSPS) is 20.4. The minimum absolute atomic E-state index is 0.517. The number of nitrogens with one attached hydrogen (secondary N) is 1. The lowest BCUT2D eigenvalue weighted by molar-refractivity contribution is 0.476. The molecule has 1 N–H and O–H groups in total. The van der Waals surface area contributed by atoms with Crippen molar-refractivity contribution in [1.29, 1.82) is 0 Å². The van der Waals surface area contributed by atoms with Crippen LogP contribution in [0.25, 0.3) is 0 Å². The molecule has 1 aromatic carbocycles. The molecule has 2 aliphatic rings. The van der Waals surface area contributed by atoms with Gasteiger partial charge in [0.2, 0.25) is 0 Å². The van der Waals surface area contributed by atoms with Crippen LogP contribution in [0.3, 0.4) is 0 Å². The highest BCUT2D eigenvalue weighted by Gasteiger charge is 2.28. The van der Waals surface area contributed by atoms with Crippen molar-refractivity contribution in [2.75, 3.05) is 18.0 Å². The van der Waals surface area contributed by atoms with Gasteiger partial charge in [0.15, 0.2) is 5.13 Å². The Hall–Kier alpha value is -1.39. The van der Waals surface area contributed by atoms with Crippen molar-refractivity contribution in [2.24, 2.45) is 0 Å². The number of anilines is 2. The van der Waals surface area contributed by atoms with Crippen molar-refractivity contribution in [1.82, 2.24) is 10.3 Å². The maximum Gasteiger partial charge on any atom is 0.190 e. The summed E-state index contributed by atoms with van der Waals surface area (Å²) in [4.78, 5) is 8.85. The van der Waals surface area contributed by atoms with Crippen LogP contribution in [0.4, 0.5) is 10.8 Å². The molecule has 0 fully saturated rings. The van der Waals surface area contributed by atoms with Crippen LogP contribution in [-0.4, -0.2) is 18.1 Å². The first kappa shape index (κ1) is 13.3. The molecule has 0 spiro atoms. The van der Waals surface area contributed by atoms with E-state index in [9.17, 15) is 0 Å². The monoisotopic (exact) mass is 299 g/mol. The summed E-state index contributed by atoms with van der Waals surface area (Å²) < 4.78 is 0. The lowest BCUT2D eigenvalue weighted by atomic mass is 9.98. The number of fused-ring (bicyclic) bond motifs is 2. The molecule has 2 aromatic rings. The average Bonchev–Trinajstić information content (AvgIpc) is 3.11. The minimum Gasteiger partial charge on any atom is -0.317 e. The number of aryl methyl sites for hydroxylation is 1. The molecule has 4 heteroatoms. The molecule has 0 radical (unpaired) electrons. The molecule has 1 unspecified atom stereocenters. The first-order valence-electron chi connectivity index (χ1n) is 7.95. The van der Waals surface area contributed by atoms with Gasteiger partial charge in [0, 0.05) is 23.2 Å². The summed E-state index contributed by atoms with van der Waals surface area (Å²) in [5.74, 6) is 0. The molecule has 0 amide bonds. The van der Waals surface area contributed by atoms with Gasteiger partial charge in [0.25, 0.3) is 0 Å². The molecule has 3 nitrogen and oxygen atoms in total. The van der Waals surface area contributed by atoms with Crippen LogP contribution in [0, 0.1) is 0 Å². The second-order valence-electron chi connectivity index (χ2n) is 5.84. The van der Waals surface area contributed by atoms with Gasteiger partial charge in [-0.25, -0.2) is 4.98 Å². The van der Waals surface area contributed by atoms with E-state index in [2.05, 4.69) is 41.4 Å². The predicted octanol–water partition coefficient (Wildman–Crippen LogP) is 3.82. The van der Waals surface area contributed by atoms with Gasteiger partial charge in [-0.2, -0.15) is 0 Å². The summed E-state index contributed by atoms with van der Waals surface area (Å²) in [5.41, 5.74) is 4.13. The van der Waals surface area contributed by atoms with Crippen molar-refractivity contribution in [3.63, 3.8) is 0 Å². The number of aromatic nitrogens is 1. The lowest BCUT2D eigenvalue weighted by Crippen LogP contribution is -2.23. The number of thiazole rings is 1. The zero-order valence-corrected chi connectivity index (χ0v) is 13.2. The number of rotatable bonds is 3. The molecule has 0 bridgehead atoms. The molecule has 110 valence electrons. The van der Waals surface area contributed by atoms with Crippen LogP contribution in [0.15, 0.2) is 24.3 Å². The topological polar surface area (TPSA) is 28.2 Å². The maximum atomic E-state index is 4.97. The molecule has 1 aromatic heterocycles. The minimum atomic E-state index is 0.517. The Morgan fingerprint density at radius 3 is 3.14 bits per heavy atom. The van der Waals surface area contributed by atoms with Crippen LogP contribution in [0.2, 0.25) is 0 Å². The number of hydrogen-bond acceptors (Lipinski definition) is 4. The quantitative estimate of drug-likeness (QED) is 0.933. The van der Waals surface area contributed by atoms with E-state index in [4.69, 9.17) is 4.98 Å². The fraction of sp³-hybridized carbons (Fsp3) is 0.471. The van der Waals surface area contributed by atoms with Gasteiger partial charge in [0.1, 0.15) is 0 Å². The molecule has 21 heavy (non-hydrogen) atoms. The third-order valence-corrected chi connectivity index (χ3v) is 5.74. The summed E-state index contributed by atoms with van der Waals surface area (Å²) in [6.07, 6.45) is 4.78. The van der Waals surface area contributed by atoms with Crippen LogP contribution in [0.5, 0.6) is 0 Å². The van der Waals surface area contributed by atoms with Gasteiger partial charge in [0.05, 0.1) is 5.69 Å². The van der Waals surface area contributed by atoms with Crippen LogP contribution in [-0.2, 0) is 12.8 Å². The van der Waals surface area contributed by atoms with Crippen LogP contribution in [0.1, 0.15) is 41.9 Å². The maximum absolute atomic E-state index is 4.97. The zero-order chi connectivity index (χ0) is 14.2. The van der Waals surface area contributed by atoms with E-state index in [0.717, 1.165) is 25.9 Å². The highest BCUT2D eigenvalue weighted by atomic mass is 32.1. The molecular formula is C17H21N3S. The van der Waals surface area contributed by atoms with E-state index >= 15 is 0 Å². The number of benzene rings is 1. The van der Waals surface area contributed by atoms with Gasteiger partial charge in [-0.1, -0.05) is 36.5 Å². The summed E-state index contributed by atoms with van der Waals surface area (Å²) >= 11 is 1.90. The fourth-order valence-corrected chi connectivity index (χ4v) is 4.76. The Balaban J connectivity index is 1.69. The standard InChI is InChI=1S/C17H21N3S/c1-2-18-13-7-5-8-14-16(13)21-17(19-14)20-11-10-12-6-3-4-9-15(12)20/h3-4,6,9,13,18H,2,5,7-8,10-11H2,1H3. The number of para-hydroxylation sites is 1.